The molecule has 0 bridgehead atoms. The van der Waals surface area contributed by atoms with Crippen LogP contribution < -0.4 is 0 Å². The number of rotatable bonds is 2. The number of hydrogen-bond donors (Lipinski definition) is 2. The van der Waals surface area contributed by atoms with E-state index in [0.717, 1.165) is 48.3 Å². The van der Waals surface area contributed by atoms with E-state index in [1.807, 2.05) is 121 Å². The van der Waals surface area contributed by atoms with Crippen LogP contribution in [0.3, 0.4) is 0 Å². The topological polar surface area (TPSA) is 40.5 Å². The molecule has 0 heterocycles. The summed E-state index contributed by atoms with van der Waals surface area (Å²) < 4.78 is 1.02. The Labute approximate surface area is 212 Å². The second-order valence-electron chi connectivity index (χ2n) is 8.25. The van der Waals surface area contributed by atoms with Gasteiger partial charge in [-0.05, 0) is 56.2 Å². The predicted molar refractivity (Wildman–Crippen MR) is 150 cm³/mol. The van der Waals surface area contributed by atoms with Gasteiger partial charge < -0.3 is 10.2 Å². The van der Waals surface area contributed by atoms with Crippen molar-refractivity contribution in [1.29, 1.82) is 0 Å². The molecule has 0 aliphatic carbocycles. The third kappa shape index (κ3) is 4.77. The molecular formula is C32H23BrO2. The van der Waals surface area contributed by atoms with Crippen LogP contribution in [0.2, 0.25) is 0 Å². The Morgan fingerprint density at radius 3 is 1.63 bits per heavy atom. The van der Waals surface area contributed by atoms with Gasteiger partial charge in [0.25, 0.3) is 0 Å². The van der Waals surface area contributed by atoms with Gasteiger partial charge in [0.2, 0.25) is 0 Å². The average molecular weight is 519 g/mol. The fourth-order valence-corrected chi connectivity index (χ4v) is 4.93. The van der Waals surface area contributed by atoms with Gasteiger partial charge in [-0.2, -0.15) is 0 Å². The molecule has 0 radical (unpaired) electrons. The molecule has 35 heavy (non-hydrogen) atoms. The van der Waals surface area contributed by atoms with Gasteiger partial charge in [-0.15, -0.1) is 0 Å². The standard InChI is InChI=1S/C16H11BrO.C16H12O/c17-16-13-9-5-4-8-12(13)15(18)10-14(16)11-6-2-1-3-7-11;17-16-11-14(12-6-2-1-3-7-12)10-13-8-4-5-9-15(13)16/h1-10,18H;1-11,17H. The van der Waals surface area contributed by atoms with E-state index in [2.05, 4.69) is 22.0 Å². The highest BCUT2D eigenvalue weighted by molar-refractivity contribution is 9.10. The largest absolute Gasteiger partial charge is 0.507 e. The zero-order chi connectivity index (χ0) is 24.2. The summed E-state index contributed by atoms with van der Waals surface area (Å²) in [7, 11) is 0. The Morgan fingerprint density at radius 2 is 0.943 bits per heavy atom. The molecule has 0 saturated carbocycles. The van der Waals surface area contributed by atoms with Gasteiger partial charge in [0.15, 0.2) is 0 Å². The first-order chi connectivity index (χ1) is 17.1. The van der Waals surface area contributed by atoms with E-state index in [0.29, 0.717) is 11.5 Å². The summed E-state index contributed by atoms with van der Waals surface area (Å²) >= 11 is 3.64. The van der Waals surface area contributed by atoms with Crippen molar-refractivity contribution in [2.45, 2.75) is 0 Å². The van der Waals surface area contributed by atoms with Crippen LogP contribution in [0.25, 0.3) is 43.8 Å². The van der Waals surface area contributed by atoms with E-state index in [-0.39, 0.29) is 0 Å². The Kier molecular flexibility index (Phi) is 6.51. The summed E-state index contributed by atoms with van der Waals surface area (Å²) in [5, 5.41) is 24.0. The molecule has 0 aromatic heterocycles. The van der Waals surface area contributed by atoms with Crippen molar-refractivity contribution in [1.82, 2.24) is 0 Å². The molecule has 0 aliphatic heterocycles. The monoisotopic (exact) mass is 518 g/mol. The van der Waals surface area contributed by atoms with Crippen molar-refractivity contribution in [2.24, 2.45) is 0 Å². The minimum absolute atomic E-state index is 0.313. The highest BCUT2D eigenvalue weighted by Gasteiger charge is 2.10. The van der Waals surface area contributed by atoms with Crippen LogP contribution in [-0.4, -0.2) is 10.2 Å². The Hall–Kier alpha value is -4.08. The number of benzene rings is 6. The molecule has 6 aromatic rings. The zero-order valence-corrected chi connectivity index (χ0v) is 20.5. The molecule has 0 aliphatic rings. The number of hydrogen-bond acceptors (Lipinski definition) is 2. The van der Waals surface area contributed by atoms with Crippen molar-refractivity contribution < 1.29 is 10.2 Å². The Bertz CT molecular complexity index is 1610. The number of phenols is 2. The van der Waals surface area contributed by atoms with Crippen molar-refractivity contribution in [3.8, 4) is 33.8 Å². The molecule has 2 nitrogen and oxygen atoms in total. The van der Waals surface area contributed by atoms with Crippen molar-refractivity contribution in [2.75, 3.05) is 0 Å². The minimum atomic E-state index is 0.313. The molecule has 2 N–H and O–H groups in total. The van der Waals surface area contributed by atoms with Gasteiger partial charge in [-0.3, -0.25) is 0 Å². The maximum Gasteiger partial charge on any atom is 0.124 e. The smallest absolute Gasteiger partial charge is 0.124 e. The van der Waals surface area contributed by atoms with E-state index >= 15 is 0 Å². The molecule has 0 spiro atoms. The number of halogens is 1. The summed E-state index contributed by atoms with van der Waals surface area (Å²) in [6.45, 7) is 0. The first-order valence-electron chi connectivity index (χ1n) is 11.3. The van der Waals surface area contributed by atoms with E-state index in [1.54, 1.807) is 0 Å². The molecule has 0 saturated heterocycles. The van der Waals surface area contributed by atoms with Crippen LogP contribution >= 0.6 is 15.9 Å². The highest BCUT2D eigenvalue weighted by atomic mass is 79.9. The van der Waals surface area contributed by atoms with Gasteiger partial charge in [0, 0.05) is 26.2 Å². The SMILES string of the molecule is Oc1cc(-c2ccccc2)c(Br)c2ccccc12.Oc1cc(-c2ccccc2)cc2ccccc12. The predicted octanol–water partition coefficient (Wildman–Crippen LogP) is 9.19. The summed E-state index contributed by atoms with van der Waals surface area (Å²) in [5.41, 5.74) is 4.26. The molecule has 0 amide bonds. The van der Waals surface area contributed by atoms with Crippen LogP contribution in [0.15, 0.2) is 132 Å². The van der Waals surface area contributed by atoms with Crippen LogP contribution in [-0.2, 0) is 0 Å². The normalized spacial score (nSPS) is 10.7. The van der Waals surface area contributed by atoms with Crippen LogP contribution in [0.5, 0.6) is 11.5 Å². The van der Waals surface area contributed by atoms with Crippen LogP contribution in [0.1, 0.15) is 0 Å². The first kappa shape index (κ1) is 22.7. The third-order valence-electron chi connectivity index (χ3n) is 5.99. The molecule has 0 fully saturated rings. The second-order valence-corrected chi connectivity index (χ2v) is 9.04. The highest BCUT2D eigenvalue weighted by Crippen LogP contribution is 2.39. The van der Waals surface area contributed by atoms with Gasteiger partial charge in [-0.1, -0.05) is 109 Å². The van der Waals surface area contributed by atoms with Gasteiger partial charge >= 0.3 is 0 Å². The third-order valence-corrected chi connectivity index (χ3v) is 6.84. The van der Waals surface area contributed by atoms with Gasteiger partial charge in [0.1, 0.15) is 11.5 Å². The van der Waals surface area contributed by atoms with Crippen LogP contribution in [0, 0.1) is 0 Å². The number of fused-ring (bicyclic) bond motifs is 2. The lowest BCUT2D eigenvalue weighted by molar-refractivity contribution is 0.481. The minimum Gasteiger partial charge on any atom is -0.507 e. The molecular weight excluding hydrogens is 496 g/mol. The van der Waals surface area contributed by atoms with Gasteiger partial charge in [-0.25, -0.2) is 0 Å². The summed E-state index contributed by atoms with van der Waals surface area (Å²) in [5.74, 6) is 0.648. The van der Waals surface area contributed by atoms with E-state index < -0.39 is 0 Å². The van der Waals surface area contributed by atoms with Crippen LogP contribution in [0.4, 0.5) is 0 Å². The second kappa shape index (κ2) is 10.0. The molecule has 170 valence electrons. The van der Waals surface area contributed by atoms with E-state index in [1.165, 1.54) is 0 Å². The molecule has 0 unspecified atom stereocenters. The fourth-order valence-electron chi connectivity index (χ4n) is 4.24. The zero-order valence-electron chi connectivity index (χ0n) is 18.9. The lowest BCUT2D eigenvalue weighted by Gasteiger charge is -2.10. The Morgan fingerprint density at radius 1 is 0.429 bits per heavy atom. The lowest BCUT2D eigenvalue weighted by atomic mass is 10.0. The van der Waals surface area contributed by atoms with Crippen molar-refractivity contribution >= 4 is 37.5 Å². The van der Waals surface area contributed by atoms with Gasteiger partial charge in [0.05, 0.1) is 0 Å². The van der Waals surface area contributed by atoms with E-state index in [9.17, 15) is 10.2 Å². The van der Waals surface area contributed by atoms with E-state index in [4.69, 9.17) is 0 Å². The average Bonchev–Trinajstić information content (AvgIpc) is 2.92. The van der Waals surface area contributed by atoms with Crippen molar-refractivity contribution in [3.63, 3.8) is 0 Å². The molecule has 3 heteroatoms. The summed E-state index contributed by atoms with van der Waals surface area (Å²) in [6, 6.07) is 41.5. The molecule has 6 rings (SSSR count). The van der Waals surface area contributed by atoms with Crippen molar-refractivity contribution in [3.05, 3.63) is 132 Å². The first-order valence-corrected chi connectivity index (χ1v) is 12.1. The number of phenolic OH excluding ortho intramolecular Hbond substituents is 2. The number of aromatic hydroxyl groups is 2. The maximum absolute atomic E-state index is 10.1. The molecule has 6 aromatic carbocycles. The Balaban J connectivity index is 0.000000145. The quantitative estimate of drug-likeness (QED) is 0.239. The molecule has 0 atom stereocenters. The lowest BCUT2D eigenvalue weighted by Crippen LogP contribution is -1.83. The summed E-state index contributed by atoms with van der Waals surface area (Å²) in [6.07, 6.45) is 0. The fraction of sp³-hybridized carbons (Fsp3) is 0. The maximum atomic E-state index is 10.1. The summed E-state index contributed by atoms with van der Waals surface area (Å²) in [4.78, 5) is 0.